The number of benzene rings is 2. The number of hydrogen-bond donors (Lipinski definition) is 0. The summed E-state index contributed by atoms with van der Waals surface area (Å²) in [5.41, 5.74) is 0.253. The Kier molecular flexibility index (Phi) is 6.62. The molecule has 0 aliphatic heterocycles. The van der Waals surface area contributed by atoms with Gasteiger partial charge in [0.2, 0.25) is 0 Å². The van der Waals surface area contributed by atoms with Gasteiger partial charge in [-0.1, -0.05) is 42.2 Å². The van der Waals surface area contributed by atoms with Crippen molar-refractivity contribution in [2.75, 3.05) is 0 Å². The minimum Gasteiger partial charge on any atom is -0.457 e. The van der Waals surface area contributed by atoms with Crippen LogP contribution in [0.15, 0.2) is 54.6 Å². The molecule has 94 valence electrons. The van der Waals surface area contributed by atoms with Crippen molar-refractivity contribution >= 4 is 6.98 Å². The van der Waals surface area contributed by atoms with E-state index in [2.05, 4.69) is 0 Å². The fourth-order valence-electron chi connectivity index (χ4n) is 1.59. The second-order valence-corrected chi connectivity index (χ2v) is 3.97. The molecule has 0 unspecified atom stereocenters. The normalized spacial score (nSPS) is 10.7. The third-order valence-electron chi connectivity index (χ3n) is 2.37. The molecule has 0 N–H and O–H groups in total. The smallest absolute Gasteiger partial charge is 0.457 e. The maximum atomic E-state index is 12.2. The van der Waals surface area contributed by atoms with Gasteiger partial charge >= 0.3 is 58.4 Å². The molecule has 2 aromatic carbocycles. The fraction of sp³-hybridized carbons (Fsp3) is 0.0769. The minimum absolute atomic E-state index is 0. The van der Waals surface area contributed by atoms with Gasteiger partial charge in [-0.3, -0.25) is 0 Å². The first-order valence-corrected chi connectivity index (χ1v) is 5.56. The fourth-order valence-corrected chi connectivity index (χ4v) is 1.59. The summed E-state index contributed by atoms with van der Waals surface area (Å²) in [6.07, 6.45) is -0.856. The van der Waals surface area contributed by atoms with Crippen LogP contribution in [0.1, 0.15) is 5.56 Å². The Morgan fingerprint density at radius 2 is 1.32 bits per heavy atom. The summed E-state index contributed by atoms with van der Waals surface area (Å²) in [4.78, 5) is 0. The van der Waals surface area contributed by atoms with Gasteiger partial charge in [-0.05, 0) is 24.3 Å². The molecule has 0 fully saturated rings. The molecule has 0 aliphatic carbocycles. The molecule has 0 atom stereocenters. The average molecular weight is 290 g/mol. The molecular weight excluding hydrogens is 279 g/mol. The van der Waals surface area contributed by atoms with Crippen LogP contribution < -0.4 is 56.1 Å². The van der Waals surface area contributed by atoms with Crippen LogP contribution in [0.5, 0.6) is 11.5 Å². The number of hydrogen-bond acceptors (Lipinski definition) is 1. The van der Waals surface area contributed by atoms with Crippen molar-refractivity contribution in [2.45, 2.75) is 6.32 Å². The zero-order valence-corrected chi connectivity index (χ0v) is 13.6. The third kappa shape index (κ3) is 6.14. The predicted molar refractivity (Wildman–Crippen MR) is 65.7 cm³/mol. The van der Waals surface area contributed by atoms with E-state index in [1.54, 1.807) is 24.3 Å². The standard InChI is InChI=1S/C13H11BF3O.K/c15-14(16,17)10-11-6-8-13(9-7-11)18-12-4-2-1-3-5-12;/h1-9H,10H2;/q-1;+1. The van der Waals surface area contributed by atoms with E-state index < -0.39 is 13.3 Å². The quantitative estimate of drug-likeness (QED) is 0.774. The van der Waals surface area contributed by atoms with E-state index in [9.17, 15) is 12.9 Å². The molecule has 2 rings (SSSR count). The molecular formula is C13H11BF3KO. The van der Waals surface area contributed by atoms with Crippen LogP contribution in [0.2, 0.25) is 0 Å². The van der Waals surface area contributed by atoms with Crippen LogP contribution in [0.3, 0.4) is 0 Å². The van der Waals surface area contributed by atoms with E-state index in [1.807, 2.05) is 18.2 Å². The van der Waals surface area contributed by atoms with Gasteiger partial charge in [0.05, 0.1) is 0 Å². The van der Waals surface area contributed by atoms with Crippen molar-refractivity contribution in [3.8, 4) is 11.5 Å². The molecule has 6 heteroatoms. The predicted octanol–water partition coefficient (Wildman–Crippen LogP) is 1.41. The second kappa shape index (κ2) is 7.50. The van der Waals surface area contributed by atoms with Crippen molar-refractivity contribution in [3.63, 3.8) is 0 Å². The number of ether oxygens (including phenoxy) is 1. The zero-order chi connectivity index (χ0) is 13.0. The molecule has 0 saturated carbocycles. The zero-order valence-electron chi connectivity index (χ0n) is 10.5. The number of halogens is 3. The molecule has 0 amide bonds. The molecule has 0 bridgehead atoms. The van der Waals surface area contributed by atoms with E-state index in [-0.39, 0.29) is 56.9 Å². The van der Waals surface area contributed by atoms with Gasteiger partial charge in [0, 0.05) is 0 Å². The molecule has 2 aromatic rings. The maximum Gasteiger partial charge on any atom is 1.00 e. The summed E-state index contributed by atoms with van der Waals surface area (Å²) in [6, 6.07) is 15.1. The molecule has 0 heterocycles. The monoisotopic (exact) mass is 290 g/mol. The average Bonchev–Trinajstić information content (AvgIpc) is 2.31. The molecule has 19 heavy (non-hydrogen) atoms. The van der Waals surface area contributed by atoms with Crippen LogP contribution >= 0.6 is 0 Å². The Labute approximate surface area is 152 Å². The summed E-state index contributed by atoms with van der Waals surface area (Å²) in [7, 11) is 0. The van der Waals surface area contributed by atoms with Crippen molar-refractivity contribution < 1.29 is 69.1 Å². The molecule has 0 aromatic heterocycles. The van der Waals surface area contributed by atoms with E-state index in [4.69, 9.17) is 4.74 Å². The van der Waals surface area contributed by atoms with Crippen molar-refractivity contribution in [1.82, 2.24) is 0 Å². The Balaban J connectivity index is 0.00000180. The summed E-state index contributed by atoms with van der Waals surface area (Å²) >= 11 is 0. The first-order chi connectivity index (χ1) is 8.53. The van der Waals surface area contributed by atoms with Gasteiger partial charge in [-0.25, -0.2) is 0 Å². The van der Waals surface area contributed by atoms with Crippen molar-refractivity contribution in [1.29, 1.82) is 0 Å². The first-order valence-electron chi connectivity index (χ1n) is 5.56. The second-order valence-electron chi connectivity index (χ2n) is 3.97. The van der Waals surface area contributed by atoms with E-state index in [1.165, 1.54) is 12.1 Å². The Morgan fingerprint density at radius 3 is 1.84 bits per heavy atom. The van der Waals surface area contributed by atoms with Gasteiger partial charge in [0.1, 0.15) is 11.5 Å². The Bertz CT molecular complexity index is 500. The first kappa shape index (κ1) is 16.8. The summed E-state index contributed by atoms with van der Waals surface area (Å²) in [5.74, 6) is 1.19. The Morgan fingerprint density at radius 1 is 0.789 bits per heavy atom. The molecule has 0 saturated heterocycles. The third-order valence-corrected chi connectivity index (χ3v) is 2.37. The van der Waals surface area contributed by atoms with E-state index in [0.29, 0.717) is 11.5 Å². The van der Waals surface area contributed by atoms with Gasteiger partial charge in [0.15, 0.2) is 0 Å². The number of rotatable bonds is 4. The van der Waals surface area contributed by atoms with Crippen molar-refractivity contribution in [2.24, 2.45) is 0 Å². The van der Waals surface area contributed by atoms with Gasteiger partial charge in [0.25, 0.3) is 0 Å². The Hall–Kier alpha value is -0.269. The van der Waals surface area contributed by atoms with Gasteiger partial charge < -0.3 is 17.7 Å². The van der Waals surface area contributed by atoms with E-state index in [0.717, 1.165) is 0 Å². The number of para-hydroxylation sites is 1. The SMILES string of the molecule is F[B-](F)(F)Cc1ccc(Oc2ccccc2)cc1.[K+]. The van der Waals surface area contributed by atoms with Crippen LogP contribution in [-0.2, 0) is 6.32 Å². The minimum atomic E-state index is -4.79. The summed E-state index contributed by atoms with van der Waals surface area (Å²) < 4.78 is 42.1. The van der Waals surface area contributed by atoms with Gasteiger partial charge in [-0.2, -0.15) is 0 Å². The van der Waals surface area contributed by atoms with Crippen LogP contribution in [0, 0.1) is 0 Å². The summed E-state index contributed by atoms with van der Waals surface area (Å²) in [5, 5.41) is 0. The van der Waals surface area contributed by atoms with Crippen LogP contribution in [0.4, 0.5) is 12.9 Å². The molecule has 0 radical (unpaired) electrons. The molecule has 0 spiro atoms. The largest absolute Gasteiger partial charge is 1.00 e. The van der Waals surface area contributed by atoms with Gasteiger partial charge in [-0.15, -0.1) is 0 Å². The maximum absolute atomic E-state index is 12.2. The topological polar surface area (TPSA) is 9.23 Å². The van der Waals surface area contributed by atoms with Crippen LogP contribution in [-0.4, -0.2) is 6.98 Å². The summed E-state index contributed by atoms with van der Waals surface area (Å²) in [6.45, 7) is -4.79. The van der Waals surface area contributed by atoms with E-state index >= 15 is 0 Å². The molecule has 0 aliphatic rings. The molecule has 1 nitrogen and oxygen atoms in total. The van der Waals surface area contributed by atoms with Crippen LogP contribution in [0.25, 0.3) is 0 Å². The van der Waals surface area contributed by atoms with Crippen molar-refractivity contribution in [3.05, 3.63) is 60.2 Å².